The highest BCUT2D eigenvalue weighted by molar-refractivity contribution is 7.16. The third-order valence-corrected chi connectivity index (χ3v) is 7.15. The molecule has 3 heteroatoms. The van der Waals surface area contributed by atoms with Gasteiger partial charge in [-0.05, 0) is 80.2 Å². The van der Waals surface area contributed by atoms with Gasteiger partial charge in [-0.3, -0.25) is 0 Å². The average Bonchev–Trinajstić information content (AvgIpc) is 2.71. The largest absolute Gasteiger partial charge is 0.393 e. The maximum absolute atomic E-state index is 10.5. The monoisotopic (exact) mass is 310 g/mol. The Balaban J connectivity index is 1.43. The molecule has 4 saturated carbocycles. The van der Waals surface area contributed by atoms with E-state index in [1.54, 1.807) is 11.3 Å². The number of halogens is 1. The lowest BCUT2D eigenvalue weighted by atomic mass is 9.48. The molecule has 0 radical (unpaired) electrons. The molecule has 20 heavy (non-hydrogen) atoms. The summed E-state index contributed by atoms with van der Waals surface area (Å²) in [4.78, 5) is 1.23. The highest BCUT2D eigenvalue weighted by Gasteiger charge is 2.51. The Morgan fingerprint density at radius 1 is 1.15 bits per heavy atom. The number of rotatable bonds is 4. The zero-order chi connectivity index (χ0) is 13.7. The highest BCUT2D eigenvalue weighted by atomic mass is 35.5. The van der Waals surface area contributed by atoms with E-state index in [4.69, 9.17) is 11.6 Å². The minimum Gasteiger partial charge on any atom is -0.393 e. The molecule has 0 aliphatic heterocycles. The molecule has 1 nitrogen and oxygen atoms in total. The van der Waals surface area contributed by atoms with Gasteiger partial charge in [-0.2, -0.15) is 0 Å². The topological polar surface area (TPSA) is 20.2 Å². The molecule has 0 aromatic carbocycles. The summed E-state index contributed by atoms with van der Waals surface area (Å²) in [6.07, 6.45) is 10.2. The fraction of sp³-hybridized carbons (Fsp3) is 0.765. The second-order valence-electron chi connectivity index (χ2n) is 7.69. The van der Waals surface area contributed by atoms with Gasteiger partial charge in [0.2, 0.25) is 0 Å². The van der Waals surface area contributed by atoms with Gasteiger partial charge in [-0.1, -0.05) is 11.6 Å². The summed E-state index contributed by atoms with van der Waals surface area (Å²) in [5, 5.41) is 10.5. The quantitative estimate of drug-likeness (QED) is 0.837. The number of hydrogen-bond donors (Lipinski definition) is 1. The highest BCUT2D eigenvalue weighted by Crippen LogP contribution is 2.61. The molecule has 0 amide bonds. The molecule has 110 valence electrons. The lowest BCUT2D eigenvalue weighted by Crippen LogP contribution is -2.47. The normalized spacial score (nSPS) is 40.2. The van der Waals surface area contributed by atoms with Crippen LogP contribution in [-0.4, -0.2) is 11.2 Å². The molecule has 4 aliphatic rings. The van der Waals surface area contributed by atoms with Crippen LogP contribution in [0.5, 0.6) is 0 Å². The Labute approximate surface area is 130 Å². The van der Waals surface area contributed by atoms with Crippen molar-refractivity contribution < 1.29 is 5.11 Å². The van der Waals surface area contributed by atoms with Crippen molar-refractivity contribution in [2.24, 2.45) is 23.2 Å². The van der Waals surface area contributed by atoms with E-state index < -0.39 is 0 Å². The fourth-order valence-electron chi connectivity index (χ4n) is 5.81. The molecule has 1 unspecified atom stereocenters. The van der Waals surface area contributed by atoms with Crippen LogP contribution in [0.4, 0.5) is 0 Å². The summed E-state index contributed by atoms with van der Waals surface area (Å²) in [5.41, 5.74) is 0.481. The van der Waals surface area contributed by atoms with E-state index in [1.165, 1.54) is 43.4 Å². The van der Waals surface area contributed by atoms with Crippen LogP contribution in [-0.2, 0) is 6.42 Å². The van der Waals surface area contributed by atoms with E-state index in [-0.39, 0.29) is 6.10 Å². The Kier molecular flexibility index (Phi) is 3.40. The van der Waals surface area contributed by atoms with E-state index in [1.807, 2.05) is 6.07 Å². The van der Waals surface area contributed by atoms with Crippen molar-refractivity contribution in [2.45, 2.75) is 57.5 Å². The van der Waals surface area contributed by atoms with Gasteiger partial charge in [0.05, 0.1) is 10.4 Å². The third-order valence-electron chi connectivity index (χ3n) is 5.90. The smallest absolute Gasteiger partial charge is 0.0931 e. The van der Waals surface area contributed by atoms with Crippen molar-refractivity contribution in [3.8, 4) is 0 Å². The van der Waals surface area contributed by atoms with Crippen LogP contribution in [0.2, 0.25) is 4.34 Å². The maximum atomic E-state index is 10.5. The van der Waals surface area contributed by atoms with E-state index in [0.29, 0.717) is 5.41 Å². The lowest BCUT2D eigenvalue weighted by Gasteiger charge is -2.57. The minimum absolute atomic E-state index is 0.180. The fourth-order valence-corrected chi connectivity index (χ4v) is 6.96. The van der Waals surface area contributed by atoms with E-state index in [0.717, 1.165) is 34.9 Å². The Morgan fingerprint density at radius 2 is 1.75 bits per heavy atom. The first-order valence-corrected chi connectivity index (χ1v) is 9.22. The van der Waals surface area contributed by atoms with E-state index in [9.17, 15) is 5.11 Å². The molecule has 0 saturated heterocycles. The van der Waals surface area contributed by atoms with Crippen LogP contribution in [0.15, 0.2) is 12.1 Å². The lowest BCUT2D eigenvalue weighted by molar-refractivity contribution is -0.0755. The van der Waals surface area contributed by atoms with Gasteiger partial charge in [0.1, 0.15) is 0 Å². The van der Waals surface area contributed by atoms with Gasteiger partial charge in [0.15, 0.2) is 0 Å². The second-order valence-corrected chi connectivity index (χ2v) is 9.49. The first-order valence-electron chi connectivity index (χ1n) is 8.02. The molecule has 4 bridgehead atoms. The first-order chi connectivity index (χ1) is 9.60. The van der Waals surface area contributed by atoms with Crippen LogP contribution in [0.1, 0.15) is 49.8 Å². The first kappa shape index (κ1) is 13.6. The Bertz CT molecular complexity index is 460. The van der Waals surface area contributed by atoms with Gasteiger partial charge in [0.25, 0.3) is 0 Å². The van der Waals surface area contributed by atoms with Crippen molar-refractivity contribution in [1.29, 1.82) is 0 Å². The van der Waals surface area contributed by atoms with Crippen molar-refractivity contribution >= 4 is 22.9 Å². The van der Waals surface area contributed by atoms with Crippen LogP contribution in [0.3, 0.4) is 0 Å². The molecular weight excluding hydrogens is 288 g/mol. The zero-order valence-corrected chi connectivity index (χ0v) is 13.4. The van der Waals surface area contributed by atoms with Gasteiger partial charge >= 0.3 is 0 Å². The molecule has 4 fully saturated rings. The average molecular weight is 311 g/mol. The summed E-state index contributed by atoms with van der Waals surface area (Å²) in [6.45, 7) is 0. The van der Waals surface area contributed by atoms with Gasteiger partial charge < -0.3 is 5.11 Å². The number of thiophene rings is 1. The summed E-state index contributed by atoms with van der Waals surface area (Å²) in [5.74, 6) is 2.93. The number of aliphatic hydroxyl groups is 1. The zero-order valence-electron chi connectivity index (χ0n) is 11.9. The van der Waals surface area contributed by atoms with Crippen molar-refractivity contribution in [1.82, 2.24) is 0 Å². The summed E-state index contributed by atoms with van der Waals surface area (Å²) in [6, 6.07) is 4.01. The predicted molar refractivity (Wildman–Crippen MR) is 84.3 cm³/mol. The molecule has 1 heterocycles. The van der Waals surface area contributed by atoms with Gasteiger partial charge in [0, 0.05) is 11.3 Å². The summed E-state index contributed by atoms with van der Waals surface area (Å²) >= 11 is 7.59. The molecular formula is C17H23ClOS. The van der Waals surface area contributed by atoms with E-state index in [2.05, 4.69) is 6.07 Å². The van der Waals surface area contributed by atoms with Crippen LogP contribution < -0.4 is 0 Å². The Morgan fingerprint density at radius 3 is 2.25 bits per heavy atom. The SMILES string of the molecule is OC(Cc1ccc(Cl)s1)CC12CC3CC(CC(C3)C1)C2. The minimum atomic E-state index is -0.180. The van der Waals surface area contributed by atoms with Crippen LogP contribution >= 0.6 is 22.9 Å². The molecule has 1 aromatic heterocycles. The molecule has 5 rings (SSSR count). The van der Waals surface area contributed by atoms with Crippen LogP contribution in [0, 0.1) is 23.2 Å². The molecule has 1 atom stereocenters. The molecule has 1 aromatic rings. The molecule has 0 spiro atoms. The van der Waals surface area contributed by atoms with Crippen molar-refractivity contribution in [3.05, 3.63) is 21.3 Å². The summed E-state index contributed by atoms with van der Waals surface area (Å²) in [7, 11) is 0. The molecule has 4 aliphatic carbocycles. The van der Waals surface area contributed by atoms with Crippen LogP contribution in [0.25, 0.3) is 0 Å². The maximum Gasteiger partial charge on any atom is 0.0931 e. The van der Waals surface area contributed by atoms with Crippen molar-refractivity contribution in [3.63, 3.8) is 0 Å². The number of hydrogen-bond acceptors (Lipinski definition) is 2. The summed E-state index contributed by atoms with van der Waals surface area (Å²) < 4.78 is 0.835. The third kappa shape index (κ3) is 2.55. The van der Waals surface area contributed by atoms with Gasteiger partial charge in [-0.25, -0.2) is 0 Å². The second kappa shape index (κ2) is 5.00. The predicted octanol–water partition coefficient (Wildman–Crippen LogP) is 4.91. The van der Waals surface area contributed by atoms with Crippen molar-refractivity contribution in [2.75, 3.05) is 0 Å². The number of aliphatic hydroxyl groups excluding tert-OH is 1. The standard InChI is InChI=1S/C17H23ClOS/c18-16-2-1-15(20-16)6-14(19)10-17-7-11-3-12(8-17)5-13(4-11)9-17/h1-2,11-14,19H,3-10H2. The van der Waals surface area contributed by atoms with E-state index >= 15 is 0 Å². The molecule has 1 N–H and O–H groups in total. The Hall–Kier alpha value is -0.0500. The van der Waals surface area contributed by atoms with Gasteiger partial charge in [-0.15, -0.1) is 11.3 Å².